The van der Waals surface area contributed by atoms with Gasteiger partial charge in [-0.3, -0.25) is 9.47 Å². The predicted molar refractivity (Wildman–Crippen MR) is 114 cm³/mol. The van der Waals surface area contributed by atoms with Gasteiger partial charge in [-0.05, 0) is 57.1 Å². The van der Waals surface area contributed by atoms with Crippen LogP contribution in [0.25, 0.3) is 5.69 Å². The SMILES string of the molecule is CN(Cc1ccccc1O)Cc1nnc(CC2CCNCC2)n1-c1ccccc1. The van der Waals surface area contributed by atoms with E-state index in [1.54, 1.807) is 6.07 Å². The lowest BCUT2D eigenvalue weighted by atomic mass is 9.94. The zero-order chi connectivity index (χ0) is 20.1. The molecule has 0 amide bonds. The molecule has 0 aliphatic carbocycles. The molecular formula is C23H29N5O. The summed E-state index contributed by atoms with van der Waals surface area (Å²) in [5, 5.41) is 22.7. The Hall–Kier alpha value is -2.70. The van der Waals surface area contributed by atoms with Crippen molar-refractivity contribution in [2.75, 3.05) is 20.1 Å². The zero-order valence-corrected chi connectivity index (χ0v) is 17.0. The Balaban J connectivity index is 1.56. The number of benzene rings is 2. The average molecular weight is 392 g/mol. The summed E-state index contributed by atoms with van der Waals surface area (Å²) in [5.74, 6) is 2.94. The monoisotopic (exact) mass is 391 g/mol. The summed E-state index contributed by atoms with van der Waals surface area (Å²) >= 11 is 0. The third kappa shape index (κ3) is 4.83. The molecule has 0 bridgehead atoms. The fourth-order valence-electron chi connectivity index (χ4n) is 4.04. The minimum atomic E-state index is 0.329. The highest BCUT2D eigenvalue weighted by Gasteiger charge is 2.21. The van der Waals surface area contributed by atoms with E-state index in [1.807, 2.05) is 31.3 Å². The van der Waals surface area contributed by atoms with Crippen LogP contribution < -0.4 is 5.32 Å². The molecule has 0 spiro atoms. The topological polar surface area (TPSA) is 66.2 Å². The molecule has 6 nitrogen and oxygen atoms in total. The molecule has 1 saturated heterocycles. The molecule has 6 heteroatoms. The van der Waals surface area contributed by atoms with E-state index in [0.29, 0.717) is 24.8 Å². The van der Waals surface area contributed by atoms with Crippen molar-refractivity contribution in [2.45, 2.75) is 32.4 Å². The molecule has 1 fully saturated rings. The number of rotatable bonds is 7. The summed E-state index contributed by atoms with van der Waals surface area (Å²) in [4.78, 5) is 2.16. The number of hydrogen-bond donors (Lipinski definition) is 2. The van der Waals surface area contributed by atoms with Crippen LogP contribution in [0.5, 0.6) is 5.75 Å². The molecule has 1 aromatic heterocycles. The highest BCUT2D eigenvalue weighted by molar-refractivity contribution is 5.34. The highest BCUT2D eigenvalue weighted by atomic mass is 16.3. The summed E-state index contributed by atoms with van der Waals surface area (Å²) in [6.07, 6.45) is 3.32. The van der Waals surface area contributed by atoms with Gasteiger partial charge in [0.05, 0.1) is 6.54 Å². The molecule has 1 aliphatic heterocycles. The quantitative estimate of drug-likeness (QED) is 0.648. The summed E-state index contributed by atoms with van der Waals surface area (Å²) in [6, 6.07) is 17.8. The van der Waals surface area contributed by atoms with E-state index >= 15 is 0 Å². The molecule has 0 saturated carbocycles. The number of nitrogens with one attached hydrogen (secondary N) is 1. The van der Waals surface area contributed by atoms with E-state index in [2.05, 4.69) is 49.2 Å². The first kappa shape index (κ1) is 19.6. The average Bonchev–Trinajstić information content (AvgIpc) is 3.13. The van der Waals surface area contributed by atoms with E-state index in [0.717, 1.165) is 42.4 Å². The molecule has 29 heavy (non-hydrogen) atoms. The largest absolute Gasteiger partial charge is 0.508 e. The Morgan fingerprint density at radius 1 is 0.966 bits per heavy atom. The number of para-hydroxylation sites is 2. The van der Waals surface area contributed by atoms with Gasteiger partial charge in [-0.25, -0.2) is 0 Å². The van der Waals surface area contributed by atoms with Crippen molar-refractivity contribution in [1.29, 1.82) is 0 Å². The Morgan fingerprint density at radius 2 is 1.66 bits per heavy atom. The van der Waals surface area contributed by atoms with Crippen molar-refractivity contribution in [1.82, 2.24) is 25.0 Å². The Bertz CT molecular complexity index is 918. The van der Waals surface area contributed by atoms with Crippen LogP contribution >= 0.6 is 0 Å². The van der Waals surface area contributed by atoms with E-state index in [1.165, 1.54) is 12.8 Å². The van der Waals surface area contributed by atoms with E-state index in [-0.39, 0.29) is 0 Å². The van der Waals surface area contributed by atoms with Crippen LogP contribution in [-0.2, 0) is 19.5 Å². The molecule has 2 N–H and O–H groups in total. The number of piperidine rings is 1. The van der Waals surface area contributed by atoms with Crippen LogP contribution in [0.1, 0.15) is 30.1 Å². The van der Waals surface area contributed by atoms with Gasteiger partial charge in [-0.2, -0.15) is 0 Å². The van der Waals surface area contributed by atoms with Crippen molar-refractivity contribution in [3.05, 3.63) is 71.8 Å². The number of hydrogen-bond acceptors (Lipinski definition) is 5. The second-order valence-corrected chi connectivity index (χ2v) is 7.90. The first-order valence-corrected chi connectivity index (χ1v) is 10.4. The molecule has 2 heterocycles. The molecule has 3 aromatic rings. The van der Waals surface area contributed by atoms with Crippen LogP contribution in [0.2, 0.25) is 0 Å². The lowest BCUT2D eigenvalue weighted by Crippen LogP contribution is -2.29. The van der Waals surface area contributed by atoms with Gasteiger partial charge < -0.3 is 10.4 Å². The van der Waals surface area contributed by atoms with Crippen LogP contribution in [-0.4, -0.2) is 44.9 Å². The molecule has 0 radical (unpaired) electrons. The van der Waals surface area contributed by atoms with Gasteiger partial charge in [0.2, 0.25) is 0 Å². The first-order chi connectivity index (χ1) is 14.2. The number of aromatic hydroxyl groups is 1. The summed E-state index contributed by atoms with van der Waals surface area (Å²) < 4.78 is 2.21. The lowest BCUT2D eigenvalue weighted by molar-refractivity contribution is 0.302. The van der Waals surface area contributed by atoms with Gasteiger partial charge in [-0.15, -0.1) is 10.2 Å². The number of aromatic nitrogens is 3. The van der Waals surface area contributed by atoms with Crippen molar-refractivity contribution in [3.8, 4) is 11.4 Å². The predicted octanol–water partition coefficient (Wildman–Crippen LogP) is 3.15. The van der Waals surface area contributed by atoms with Gasteiger partial charge in [0, 0.05) is 24.2 Å². The Labute approximate surface area is 172 Å². The number of phenols is 1. The molecule has 4 rings (SSSR count). The minimum Gasteiger partial charge on any atom is -0.508 e. The first-order valence-electron chi connectivity index (χ1n) is 10.4. The second-order valence-electron chi connectivity index (χ2n) is 7.90. The van der Waals surface area contributed by atoms with Crippen molar-refractivity contribution < 1.29 is 5.11 Å². The fraction of sp³-hybridized carbons (Fsp3) is 0.391. The van der Waals surface area contributed by atoms with Crippen molar-refractivity contribution in [2.24, 2.45) is 5.92 Å². The van der Waals surface area contributed by atoms with Crippen molar-refractivity contribution >= 4 is 0 Å². The molecule has 2 aromatic carbocycles. The standard InChI is InChI=1S/C23H29N5O/c1-27(16-19-7-5-6-10-21(19)29)17-23-26-25-22(15-18-11-13-24-14-12-18)28(23)20-8-3-2-4-9-20/h2-10,18,24,29H,11-17H2,1H3. The van der Waals surface area contributed by atoms with E-state index in [4.69, 9.17) is 0 Å². The lowest BCUT2D eigenvalue weighted by Gasteiger charge is -2.23. The van der Waals surface area contributed by atoms with E-state index < -0.39 is 0 Å². The van der Waals surface area contributed by atoms with Crippen LogP contribution in [0.3, 0.4) is 0 Å². The molecule has 0 unspecified atom stereocenters. The molecule has 1 aliphatic rings. The third-order valence-electron chi connectivity index (χ3n) is 5.58. The summed E-state index contributed by atoms with van der Waals surface area (Å²) in [7, 11) is 2.04. The third-order valence-corrected chi connectivity index (χ3v) is 5.58. The van der Waals surface area contributed by atoms with Gasteiger partial charge in [0.1, 0.15) is 11.6 Å². The van der Waals surface area contributed by atoms with Gasteiger partial charge >= 0.3 is 0 Å². The van der Waals surface area contributed by atoms with Crippen LogP contribution in [0, 0.1) is 5.92 Å². The number of phenolic OH excluding ortho intramolecular Hbond substituents is 1. The maximum absolute atomic E-state index is 10.1. The molecule has 0 atom stereocenters. The fourth-order valence-corrected chi connectivity index (χ4v) is 4.04. The smallest absolute Gasteiger partial charge is 0.151 e. The highest BCUT2D eigenvalue weighted by Crippen LogP contribution is 2.22. The Morgan fingerprint density at radius 3 is 2.41 bits per heavy atom. The number of nitrogens with zero attached hydrogens (tertiary/aromatic N) is 4. The van der Waals surface area contributed by atoms with Gasteiger partial charge in [0.15, 0.2) is 5.82 Å². The maximum Gasteiger partial charge on any atom is 0.151 e. The van der Waals surface area contributed by atoms with Crippen LogP contribution in [0.4, 0.5) is 0 Å². The van der Waals surface area contributed by atoms with Crippen LogP contribution in [0.15, 0.2) is 54.6 Å². The zero-order valence-electron chi connectivity index (χ0n) is 17.0. The summed E-state index contributed by atoms with van der Waals surface area (Å²) in [5.41, 5.74) is 2.02. The maximum atomic E-state index is 10.1. The normalized spacial score (nSPS) is 15.1. The molecule has 152 valence electrons. The summed E-state index contributed by atoms with van der Waals surface area (Å²) in [6.45, 7) is 3.47. The van der Waals surface area contributed by atoms with Crippen molar-refractivity contribution in [3.63, 3.8) is 0 Å². The van der Waals surface area contributed by atoms with E-state index in [9.17, 15) is 5.11 Å². The molecular weight excluding hydrogens is 362 g/mol. The van der Waals surface area contributed by atoms with Gasteiger partial charge in [-0.1, -0.05) is 36.4 Å². The second kappa shape index (κ2) is 9.20. The Kier molecular flexibility index (Phi) is 6.22. The van der Waals surface area contributed by atoms with Gasteiger partial charge in [0.25, 0.3) is 0 Å². The minimum absolute atomic E-state index is 0.329.